The molecule has 3 aromatic carbocycles. The second-order valence-electron chi connectivity index (χ2n) is 9.84. The number of alkyl halides is 3. The first kappa shape index (κ1) is 30.1. The number of ether oxygens (including phenoxy) is 2. The molecule has 1 saturated heterocycles. The Bertz CT molecular complexity index is 1540. The average molecular weight is 686 g/mol. The van der Waals surface area contributed by atoms with Crippen molar-refractivity contribution in [2.75, 3.05) is 20.2 Å². The van der Waals surface area contributed by atoms with Crippen LogP contribution in [-0.4, -0.2) is 45.1 Å². The highest BCUT2D eigenvalue weighted by molar-refractivity contribution is 14.1. The van der Waals surface area contributed by atoms with E-state index in [-0.39, 0.29) is 28.3 Å². The lowest BCUT2D eigenvalue weighted by atomic mass is 9.80. The fourth-order valence-electron chi connectivity index (χ4n) is 4.70. The largest absolute Gasteiger partial charge is 0.497 e. The number of halogens is 4. The highest BCUT2D eigenvalue weighted by atomic mass is 127. The first-order chi connectivity index (χ1) is 18.7. The van der Waals surface area contributed by atoms with Gasteiger partial charge in [0, 0.05) is 27.6 Å². The highest BCUT2D eigenvalue weighted by Gasteiger charge is 2.51. The summed E-state index contributed by atoms with van der Waals surface area (Å²) in [7, 11) is -2.69. The molecule has 1 aliphatic rings. The monoisotopic (exact) mass is 685 g/mol. The first-order valence-electron chi connectivity index (χ1n) is 12.2. The summed E-state index contributed by atoms with van der Waals surface area (Å²) in [5, 5.41) is 0. The number of benzene rings is 3. The molecule has 0 amide bonds. The van der Waals surface area contributed by atoms with E-state index < -0.39 is 40.5 Å². The smallest absolute Gasteiger partial charge is 0.390 e. The number of nitrogens with zero attached hydrogens (tertiary/aromatic N) is 1. The van der Waals surface area contributed by atoms with Crippen LogP contribution in [0.15, 0.2) is 83.3 Å². The minimum atomic E-state index is -4.62. The van der Waals surface area contributed by atoms with Gasteiger partial charge in [0.15, 0.2) is 0 Å². The van der Waals surface area contributed by atoms with Gasteiger partial charge in [0.2, 0.25) is 10.0 Å². The molecule has 4 rings (SSSR count). The normalized spacial score (nSPS) is 19.4. The van der Waals surface area contributed by atoms with E-state index in [4.69, 9.17) is 9.47 Å². The topological polar surface area (TPSA) is 72.9 Å². The van der Waals surface area contributed by atoms with Gasteiger partial charge in [-0.1, -0.05) is 36.8 Å². The van der Waals surface area contributed by atoms with Gasteiger partial charge >= 0.3 is 12.1 Å². The van der Waals surface area contributed by atoms with Crippen molar-refractivity contribution in [3.8, 4) is 5.75 Å². The number of methoxy groups -OCH3 is 1. The number of aryl methyl sites for hydroxylation is 1. The molecule has 3 aromatic rings. The van der Waals surface area contributed by atoms with Gasteiger partial charge in [-0.05, 0) is 83.6 Å². The van der Waals surface area contributed by atoms with Crippen LogP contribution in [0.3, 0.4) is 0 Å². The Labute approximate surface area is 245 Å². The molecule has 0 aliphatic carbocycles. The third kappa shape index (κ3) is 6.52. The van der Waals surface area contributed by atoms with Gasteiger partial charge < -0.3 is 9.47 Å². The maximum atomic E-state index is 13.9. The lowest BCUT2D eigenvalue weighted by molar-refractivity contribution is -0.150. The van der Waals surface area contributed by atoms with Crippen LogP contribution >= 0.6 is 22.6 Å². The molecule has 0 bridgehead atoms. The van der Waals surface area contributed by atoms with Crippen molar-refractivity contribution >= 4 is 44.3 Å². The molecule has 40 heavy (non-hydrogen) atoms. The van der Waals surface area contributed by atoms with Crippen molar-refractivity contribution in [1.82, 2.24) is 4.31 Å². The third-order valence-electron chi connectivity index (χ3n) is 6.75. The molecule has 6 nitrogen and oxygen atoms in total. The Morgan fingerprint density at radius 2 is 1.65 bits per heavy atom. The quantitative estimate of drug-likeness (QED) is 0.155. The number of carbonyl (C=O) groups excluding carboxylic acids is 1. The van der Waals surface area contributed by atoms with E-state index in [1.807, 2.05) is 22.6 Å². The van der Waals surface area contributed by atoms with Crippen LogP contribution in [0.2, 0.25) is 0 Å². The number of sulfonamides is 1. The van der Waals surface area contributed by atoms with Gasteiger partial charge in [0.1, 0.15) is 11.5 Å². The zero-order valence-electron chi connectivity index (χ0n) is 22.0. The SMILES string of the molecule is COc1ccc(/C(OC(=O)c2ccccc2I)=C2\CN(S(=O)(=O)c3ccc(C)cc3)CC2(C)CC(F)(F)F)cc1. The Balaban J connectivity index is 1.89. The standard InChI is InChI=1S/C29H27F3INO5S/c1-19-8-14-22(15-9-19)40(36,37)34-16-24(28(2,18-34)17-29(30,31)32)26(20-10-12-21(38-3)13-11-20)39-27(35)23-6-4-5-7-25(23)33/h4-15H,16-18H2,1-3H3/b26-24-. The van der Waals surface area contributed by atoms with E-state index in [0.717, 1.165) is 9.87 Å². The number of rotatable bonds is 7. The molecule has 0 saturated carbocycles. The number of hydrogen-bond acceptors (Lipinski definition) is 5. The molecule has 1 aliphatic heterocycles. The molecule has 1 heterocycles. The zero-order chi connectivity index (χ0) is 29.3. The van der Waals surface area contributed by atoms with Crippen molar-refractivity contribution in [2.24, 2.45) is 5.41 Å². The summed E-state index contributed by atoms with van der Waals surface area (Å²) in [4.78, 5) is 13.3. The third-order valence-corrected chi connectivity index (χ3v) is 9.50. The molecule has 0 aromatic heterocycles. The Morgan fingerprint density at radius 1 is 1.02 bits per heavy atom. The Kier molecular flexibility index (Phi) is 8.67. The molecule has 11 heteroatoms. The second kappa shape index (κ2) is 11.5. The maximum absolute atomic E-state index is 13.9. The lowest BCUT2D eigenvalue weighted by Gasteiger charge is -2.28. The highest BCUT2D eigenvalue weighted by Crippen LogP contribution is 2.48. The Hall–Kier alpha value is -2.90. The number of carbonyl (C=O) groups is 1. The zero-order valence-corrected chi connectivity index (χ0v) is 24.9. The molecule has 1 atom stereocenters. The predicted octanol–water partition coefficient (Wildman–Crippen LogP) is 6.84. The molecular formula is C29H27F3INO5S. The molecule has 1 fully saturated rings. The van der Waals surface area contributed by atoms with Gasteiger partial charge in [-0.2, -0.15) is 17.5 Å². The maximum Gasteiger partial charge on any atom is 0.390 e. The van der Waals surface area contributed by atoms with Gasteiger partial charge in [0.25, 0.3) is 0 Å². The molecule has 0 radical (unpaired) electrons. The van der Waals surface area contributed by atoms with Crippen LogP contribution in [0.25, 0.3) is 5.76 Å². The van der Waals surface area contributed by atoms with Crippen LogP contribution in [0.5, 0.6) is 5.75 Å². The van der Waals surface area contributed by atoms with Crippen molar-refractivity contribution in [1.29, 1.82) is 0 Å². The minimum Gasteiger partial charge on any atom is -0.497 e. The van der Waals surface area contributed by atoms with Crippen molar-refractivity contribution in [2.45, 2.75) is 31.3 Å². The van der Waals surface area contributed by atoms with Crippen LogP contribution in [-0.2, 0) is 14.8 Å². The Morgan fingerprint density at radius 3 is 2.23 bits per heavy atom. The van der Waals surface area contributed by atoms with Gasteiger partial charge in [-0.3, -0.25) is 0 Å². The summed E-state index contributed by atoms with van der Waals surface area (Å²) in [5.41, 5.74) is -0.264. The van der Waals surface area contributed by atoms with E-state index in [9.17, 15) is 26.4 Å². The van der Waals surface area contributed by atoms with Crippen LogP contribution in [0.1, 0.15) is 34.8 Å². The van der Waals surface area contributed by atoms with Crippen LogP contribution in [0, 0.1) is 15.9 Å². The summed E-state index contributed by atoms with van der Waals surface area (Å²) in [6.07, 6.45) is -5.93. The fourth-order valence-corrected chi connectivity index (χ4v) is 6.84. The lowest BCUT2D eigenvalue weighted by Crippen LogP contribution is -2.33. The van der Waals surface area contributed by atoms with Gasteiger partial charge in [-0.15, -0.1) is 0 Å². The second-order valence-corrected chi connectivity index (χ2v) is 12.9. The van der Waals surface area contributed by atoms with Crippen LogP contribution in [0.4, 0.5) is 13.2 Å². The predicted molar refractivity (Wildman–Crippen MR) is 153 cm³/mol. The minimum absolute atomic E-state index is 0.0319. The molecule has 1 unspecified atom stereocenters. The van der Waals surface area contributed by atoms with Crippen molar-refractivity contribution < 1.29 is 35.9 Å². The van der Waals surface area contributed by atoms with E-state index in [1.54, 1.807) is 67.6 Å². The number of hydrogen-bond donors (Lipinski definition) is 0. The summed E-state index contributed by atoms with van der Waals surface area (Å²) < 4.78 is 81.7. The summed E-state index contributed by atoms with van der Waals surface area (Å²) in [6, 6.07) is 19.1. The van der Waals surface area contributed by atoms with E-state index >= 15 is 0 Å². The molecule has 0 spiro atoms. The van der Waals surface area contributed by atoms with Gasteiger partial charge in [0.05, 0.1) is 24.0 Å². The van der Waals surface area contributed by atoms with Gasteiger partial charge in [-0.25, -0.2) is 13.2 Å². The summed E-state index contributed by atoms with van der Waals surface area (Å²) >= 11 is 1.97. The molecule has 0 N–H and O–H groups in total. The average Bonchev–Trinajstić information content (AvgIpc) is 3.23. The van der Waals surface area contributed by atoms with Crippen molar-refractivity contribution in [3.63, 3.8) is 0 Å². The summed E-state index contributed by atoms with van der Waals surface area (Å²) in [6.45, 7) is 2.32. The first-order valence-corrected chi connectivity index (χ1v) is 14.7. The van der Waals surface area contributed by atoms with Crippen LogP contribution < -0.4 is 4.74 Å². The molecule has 212 valence electrons. The number of esters is 1. The fraction of sp³-hybridized carbons (Fsp3) is 0.276. The summed E-state index contributed by atoms with van der Waals surface area (Å²) in [5.74, 6) is -0.386. The van der Waals surface area contributed by atoms with E-state index in [2.05, 4.69) is 0 Å². The van der Waals surface area contributed by atoms with E-state index in [1.165, 1.54) is 26.2 Å². The van der Waals surface area contributed by atoms with Crippen molar-refractivity contribution in [3.05, 3.63) is 98.6 Å². The van der Waals surface area contributed by atoms with E-state index in [0.29, 0.717) is 14.9 Å². The molecular weight excluding hydrogens is 658 g/mol.